The van der Waals surface area contributed by atoms with Crippen molar-refractivity contribution in [3.8, 4) is 11.8 Å². The van der Waals surface area contributed by atoms with Crippen LogP contribution in [0.2, 0.25) is 10.0 Å². The molecule has 0 aliphatic heterocycles. The monoisotopic (exact) mass is 213 g/mol. The molecule has 0 fully saturated rings. The molecule has 0 saturated heterocycles. The highest BCUT2D eigenvalue weighted by Gasteiger charge is 1.97. The van der Waals surface area contributed by atoms with Crippen molar-refractivity contribution in [2.45, 2.75) is 6.42 Å². The molecule has 0 radical (unpaired) electrons. The second kappa shape index (κ2) is 5.14. The van der Waals surface area contributed by atoms with Crippen molar-refractivity contribution in [1.82, 2.24) is 0 Å². The Kier molecular flexibility index (Phi) is 4.11. The van der Waals surface area contributed by atoms with Crippen LogP contribution < -0.4 is 5.73 Å². The first kappa shape index (κ1) is 10.4. The van der Waals surface area contributed by atoms with Crippen LogP contribution in [0.25, 0.3) is 0 Å². The molecule has 68 valence electrons. The Hall–Kier alpha value is -0.680. The second-order valence-electron chi connectivity index (χ2n) is 2.48. The van der Waals surface area contributed by atoms with Crippen molar-refractivity contribution >= 4 is 23.2 Å². The van der Waals surface area contributed by atoms with Crippen LogP contribution >= 0.6 is 23.2 Å². The van der Waals surface area contributed by atoms with Gasteiger partial charge in [0.25, 0.3) is 0 Å². The average Bonchev–Trinajstić information content (AvgIpc) is 2.12. The van der Waals surface area contributed by atoms with Crippen LogP contribution in [-0.4, -0.2) is 6.54 Å². The summed E-state index contributed by atoms with van der Waals surface area (Å²) in [4.78, 5) is 0. The first-order chi connectivity index (χ1) is 6.24. The predicted molar refractivity (Wildman–Crippen MR) is 57.0 cm³/mol. The average molecular weight is 214 g/mol. The summed E-state index contributed by atoms with van der Waals surface area (Å²) < 4.78 is 0. The highest BCUT2D eigenvalue weighted by Crippen LogP contribution is 2.22. The lowest BCUT2D eigenvalue weighted by atomic mass is 10.1. The molecule has 13 heavy (non-hydrogen) atoms. The van der Waals surface area contributed by atoms with Crippen LogP contribution in [0.5, 0.6) is 0 Å². The minimum Gasteiger partial charge on any atom is -0.320 e. The van der Waals surface area contributed by atoms with Gasteiger partial charge in [0, 0.05) is 6.42 Å². The summed E-state index contributed by atoms with van der Waals surface area (Å²) in [5, 5.41) is 1.13. The predicted octanol–water partition coefficient (Wildman–Crippen LogP) is 2.50. The van der Waals surface area contributed by atoms with E-state index in [2.05, 4.69) is 11.8 Å². The smallest absolute Gasteiger partial charge is 0.0595 e. The lowest BCUT2D eigenvalue weighted by molar-refractivity contribution is 1.27. The number of hydrogen-bond donors (Lipinski definition) is 1. The topological polar surface area (TPSA) is 26.0 Å². The lowest BCUT2D eigenvalue weighted by Gasteiger charge is -1.97. The maximum Gasteiger partial charge on any atom is 0.0595 e. The first-order valence-corrected chi connectivity index (χ1v) is 4.59. The van der Waals surface area contributed by atoms with Gasteiger partial charge in [0.05, 0.1) is 16.6 Å². The van der Waals surface area contributed by atoms with E-state index in [4.69, 9.17) is 28.9 Å². The van der Waals surface area contributed by atoms with Gasteiger partial charge in [0.1, 0.15) is 0 Å². The largest absolute Gasteiger partial charge is 0.320 e. The second-order valence-corrected chi connectivity index (χ2v) is 3.30. The van der Waals surface area contributed by atoms with Gasteiger partial charge < -0.3 is 5.73 Å². The Labute approximate surface area is 87.8 Å². The third-order valence-electron chi connectivity index (χ3n) is 1.50. The third-order valence-corrected chi connectivity index (χ3v) is 2.24. The molecule has 0 bridgehead atoms. The number of halogens is 2. The molecule has 0 amide bonds. The van der Waals surface area contributed by atoms with Gasteiger partial charge in [-0.1, -0.05) is 41.1 Å². The van der Waals surface area contributed by atoms with Crippen LogP contribution in [0.3, 0.4) is 0 Å². The van der Waals surface area contributed by atoms with E-state index in [1.54, 1.807) is 6.07 Å². The van der Waals surface area contributed by atoms with E-state index in [0.717, 1.165) is 5.56 Å². The maximum atomic E-state index is 5.82. The van der Waals surface area contributed by atoms with E-state index < -0.39 is 0 Å². The summed E-state index contributed by atoms with van der Waals surface area (Å²) in [5.74, 6) is 5.70. The van der Waals surface area contributed by atoms with Crippen LogP contribution in [-0.2, 0) is 6.42 Å². The van der Waals surface area contributed by atoms with Crippen molar-refractivity contribution in [3.63, 3.8) is 0 Å². The molecule has 3 heteroatoms. The van der Waals surface area contributed by atoms with E-state index in [-0.39, 0.29) is 0 Å². The van der Waals surface area contributed by atoms with E-state index >= 15 is 0 Å². The van der Waals surface area contributed by atoms with Crippen molar-refractivity contribution in [2.24, 2.45) is 5.73 Å². The van der Waals surface area contributed by atoms with E-state index in [9.17, 15) is 0 Å². The Morgan fingerprint density at radius 1 is 1.15 bits per heavy atom. The van der Waals surface area contributed by atoms with Gasteiger partial charge in [-0.15, -0.1) is 0 Å². The van der Waals surface area contributed by atoms with Crippen LogP contribution in [0.4, 0.5) is 0 Å². The highest BCUT2D eigenvalue weighted by molar-refractivity contribution is 6.42. The van der Waals surface area contributed by atoms with Crippen molar-refractivity contribution in [2.75, 3.05) is 6.54 Å². The number of nitrogens with two attached hydrogens (primary N) is 1. The molecule has 0 aliphatic rings. The molecular formula is C10H9Cl2N. The first-order valence-electron chi connectivity index (χ1n) is 3.83. The molecule has 0 unspecified atom stereocenters. The van der Waals surface area contributed by atoms with Crippen LogP contribution in [0.1, 0.15) is 5.56 Å². The lowest BCUT2D eigenvalue weighted by Crippen LogP contribution is -1.93. The Bertz CT molecular complexity index is 350. The normalized spacial score (nSPS) is 9.15. The summed E-state index contributed by atoms with van der Waals surface area (Å²) in [6.07, 6.45) is 0.661. The molecule has 0 saturated carbocycles. The third kappa shape index (κ3) is 3.28. The fraction of sp³-hybridized carbons (Fsp3) is 0.200. The Balaban J connectivity index is 2.74. The Morgan fingerprint density at radius 2 is 1.92 bits per heavy atom. The number of rotatable bonds is 1. The van der Waals surface area contributed by atoms with E-state index in [0.29, 0.717) is 23.0 Å². The Morgan fingerprint density at radius 3 is 2.54 bits per heavy atom. The SMILES string of the molecule is NCC#CCc1ccc(Cl)c(Cl)c1. The molecule has 1 aromatic rings. The summed E-state index contributed by atoms with van der Waals surface area (Å²) in [6.45, 7) is 0.390. The molecule has 0 aliphatic carbocycles. The van der Waals surface area contributed by atoms with Crippen molar-refractivity contribution in [1.29, 1.82) is 0 Å². The molecule has 0 aromatic heterocycles. The van der Waals surface area contributed by atoms with Gasteiger partial charge in [-0.2, -0.15) is 0 Å². The van der Waals surface area contributed by atoms with Gasteiger partial charge >= 0.3 is 0 Å². The van der Waals surface area contributed by atoms with Gasteiger partial charge in [-0.3, -0.25) is 0 Å². The van der Waals surface area contributed by atoms with Gasteiger partial charge in [0.2, 0.25) is 0 Å². The quantitative estimate of drug-likeness (QED) is 0.714. The molecular weight excluding hydrogens is 205 g/mol. The molecule has 1 nitrogen and oxygen atoms in total. The molecule has 2 N–H and O–H groups in total. The van der Waals surface area contributed by atoms with Crippen LogP contribution in [0, 0.1) is 11.8 Å². The maximum absolute atomic E-state index is 5.82. The highest BCUT2D eigenvalue weighted by atomic mass is 35.5. The van der Waals surface area contributed by atoms with Crippen LogP contribution in [0.15, 0.2) is 18.2 Å². The summed E-state index contributed by atoms with van der Waals surface area (Å²) in [6, 6.07) is 5.48. The molecule has 0 heterocycles. The van der Waals surface area contributed by atoms with Gasteiger partial charge in [0.15, 0.2) is 0 Å². The fourth-order valence-electron chi connectivity index (χ4n) is 0.886. The number of hydrogen-bond acceptors (Lipinski definition) is 1. The molecule has 1 rings (SSSR count). The van der Waals surface area contributed by atoms with E-state index in [1.165, 1.54) is 0 Å². The zero-order valence-electron chi connectivity index (χ0n) is 6.98. The standard InChI is InChI=1S/C10H9Cl2N/c11-9-5-4-8(7-10(9)12)3-1-2-6-13/h4-5,7H,3,6,13H2. The molecule has 1 aromatic carbocycles. The summed E-state index contributed by atoms with van der Waals surface area (Å²) >= 11 is 11.6. The minimum atomic E-state index is 0.390. The van der Waals surface area contributed by atoms with E-state index in [1.807, 2.05) is 12.1 Å². The fourth-order valence-corrected chi connectivity index (χ4v) is 1.21. The zero-order valence-corrected chi connectivity index (χ0v) is 8.49. The number of benzene rings is 1. The van der Waals surface area contributed by atoms with Gasteiger partial charge in [-0.25, -0.2) is 0 Å². The van der Waals surface area contributed by atoms with Crippen molar-refractivity contribution in [3.05, 3.63) is 33.8 Å². The van der Waals surface area contributed by atoms with Crippen molar-refractivity contribution < 1.29 is 0 Å². The minimum absolute atomic E-state index is 0.390. The van der Waals surface area contributed by atoms with Gasteiger partial charge in [-0.05, 0) is 17.7 Å². The molecule has 0 spiro atoms. The molecule has 0 atom stereocenters. The summed E-state index contributed by atoms with van der Waals surface area (Å²) in [7, 11) is 0. The summed E-state index contributed by atoms with van der Waals surface area (Å²) in [5.41, 5.74) is 6.28. The zero-order chi connectivity index (χ0) is 9.68.